The van der Waals surface area contributed by atoms with Gasteiger partial charge in [-0.3, -0.25) is 10.1 Å². The molecule has 0 N–H and O–H groups in total. The third-order valence-corrected chi connectivity index (χ3v) is 3.86. The van der Waals surface area contributed by atoms with Gasteiger partial charge in [-0.1, -0.05) is 23.4 Å². The van der Waals surface area contributed by atoms with Crippen molar-refractivity contribution in [1.29, 1.82) is 0 Å². The number of benzene rings is 2. The van der Waals surface area contributed by atoms with Crippen molar-refractivity contribution >= 4 is 11.7 Å². The zero-order valence-electron chi connectivity index (χ0n) is 14.5. The molecule has 0 saturated carbocycles. The molecule has 3 aromatic rings. The minimum atomic E-state index is -0.715. The molecule has 2 aromatic carbocycles. The largest absolute Gasteiger partial charge is 0.496 e. The number of nitrogens with zero attached hydrogens (tertiary/aromatic N) is 3. The molecular formula is C18H15N3O6. The van der Waals surface area contributed by atoms with E-state index in [1.807, 2.05) is 6.07 Å². The molecule has 9 heteroatoms. The Kier molecular flexibility index (Phi) is 5.11. The highest BCUT2D eigenvalue weighted by molar-refractivity contribution is 5.92. The van der Waals surface area contributed by atoms with Crippen molar-refractivity contribution in [3.8, 4) is 17.1 Å². The van der Waals surface area contributed by atoms with Crippen molar-refractivity contribution < 1.29 is 23.7 Å². The lowest BCUT2D eigenvalue weighted by Gasteiger charge is -2.05. The average molecular weight is 369 g/mol. The molecule has 0 spiro atoms. The van der Waals surface area contributed by atoms with Crippen LogP contribution in [0.5, 0.6) is 5.75 Å². The van der Waals surface area contributed by atoms with Gasteiger partial charge in [0.25, 0.3) is 11.6 Å². The number of nitro benzene ring substituents is 1. The van der Waals surface area contributed by atoms with Gasteiger partial charge >= 0.3 is 5.97 Å². The number of hydrogen-bond donors (Lipinski definition) is 0. The second-order valence-electron chi connectivity index (χ2n) is 5.49. The van der Waals surface area contributed by atoms with Crippen LogP contribution >= 0.6 is 0 Å². The molecule has 0 unspecified atom stereocenters. The number of carbonyl (C=O) groups is 1. The summed E-state index contributed by atoms with van der Waals surface area (Å²) in [4.78, 5) is 26.8. The van der Waals surface area contributed by atoms with Gasteiger partial charge in [0, 0.05) is 11.6 Å². The van der Waals surface area contributed by atoms with Crippen molar-refractivity contribution in [2.45, 2.75) is 13.5 Å². The average Bonchev–Trinajstić information content (AvgIpc) is 3.14. The van der Waals surface area contributed by atoms with Crippen molar-refractivity contribution in [2.75, 3.05) is 7.11 Å². The molecule has 0 bridgehead atoms. The van der Waals surface area contributed by atoms with Gasteiger partial charge < -0.3 is 14.0 Å². The molecular weight excluding hydrogens is 354 g/mol. The van der Waals surface area contributed by atoms with E-state index >= 15 is 0 Å². The zero-order chi connectivity index (χ0) is 19.4. The third-order valence-electron chi connectivity index (χ3n) is 3.86. The number of aromatic nitrogens is 2. The van der Waals surface area contributed by atoms with Crippen LogP contribution in [-0.2, 0) is 11.3 Å². The van der Waals surface area contributed by atoms with E-state index in [9.17, 15) is 14.9 Å². The monoisotopic (exact) mass is 369 g/mol. The van der Waals surface area contributed by atoms with Crippen LogP contribution in [0, 0.1) is 17.0 Å². The van der Waals surface area contributed by atoms with Crippen LogP contribution < -0.4 is 4.74 Å². The highest BCUT2D eigenvalue weighted by atomic mass is 16.6. The number of ether oxygens (including phenoxy) is 2. The van der Waals surface area contributed by atoms with E-state index in [1.54, 1.807) is 18.2 Å². The summed E-state index contributed by atoms with van der Waals surface area (Å²) in [6.07, 6.45) is 0. The van der Waals surface area contributed by atoms with Crippen molar-refractivity contribution in [1.82, 2.24) is 10.1 Å². The normalized spacial score (nSPS) is 10.4. The SMILES string of the molecule is COc1ccccc1-c1noc(COC(=O)c2cccc([N+](=O)[O-])c2C)n1. The summed E-state index contributed by atoms with van der Waals surface area (Å²) in [5.41, 5.74) is 0.818. The molecule has 0 aliphatic heterocycles. The predicted molar refractivity (Wildman–Crippen MR) is 93.2 cm³/mol. The van der Waals surface area contributed by atoms with Gasteiger partial charge in [-0.05, 0) is 25.1 Å². The summed E-state index contributed by atoms with van der Waals surface area (Å²) in [6, 6.07) is 11.4. The van der Waals surface area contributed by atoms with Crippen LogP contribution in [0.1, 0.15) is 21.8 Å². The molecule has 1 aromatic heterocycles. The highest BCUT2D eigenvalue weighted by Gasteiger charge is 2.20. The number of carbonyl (C=O) groups excluding carboxylic acids is 1. The Bertz CT molecular complexity index is 998. The van der Waals surface area contributed by atoms with Crippen molar-refractivity contribution in [3.63, 3.8) is 0 Å². The summed E-state index contributed by atoms with van der Waals surface area (Å²) in [5, 5.41) is 14.8. The summed E-state index contributed by atoms with van der Waals surface area (Å²) in [7, 11) is 1.53. The second-order valence-corrected chi connectivity index (χ2v) is 5.49. The smallest absolute Gasteiger partial charge is 0.339 e. The van der Waals surface area contributed by atoms with Crippen LogP contribution in [0.15, 0.2) is 47.0 Å². The minimum Gasteiger partial charge on any atom is -0.496 e. The molecule has 0 saturated heterocycles. The maximum atomic E-state index is 12.2. The van der Waals surface area contributed by atoms with E-state index in [4.69, 9.17) is 14.0 Å². The molecule has 0 atom stereocenters. The molecule has 27 heavy (non-hydrogen) atoms. The van der Waals surface area contributed by atoms with Gasteiger partial charge in [0.2, 0.25) is 5.82 Å². The van der Waals surface area contributed by atoms with Gasteiger partial charge in [0.05, 0.1) is 23.2 Å². The Balaban J connectivity index is 1.73. The molecule has 0 fully saturated rings. The summed E-state index contributed by atoms with van der Waals surface area (Å²) in [5.74, 6) is 0.250. The first-order chi connectivity index (χ1) is 13.0. The Morgan fingerprint density at radius 1 is 1.22 bits per heavy atom. The van der Waals surface area contributed by atoms with Gasteiger partial charge in [0.15, 0.2) is 6.61 Å². The van der Waals surface area contributed by atoms with Crippen LogP contribution in [0.3, 0.4) is 0 Å². The van der Waals surface area contributed by atoms with E-state index in [0.717, 1.165) is 0 Å². The number of rotatable bonds is 6. The first-order valence-electron chi connectivity index (χ1n) is 7.88. The molecule has 0 radical (unpaired) electrons. The lowest BCUT2D eigenvalue weighted by molar-refractivity contribution is -0.385. The maximum absolute atomic E-state index is 12.2. The number of esters is 1. The summed E-state index contributed by atoms with van der Waals surface area (Å²) < 4.78 is 15.5. The zero-order valence-corrected chi connectivity index (χ0v) is 14.5. The molecule has 1 heterocycles. The van der Waals surface area contributed by atoms with Crippen LogP contribution in [-0.4, -0.2) is 28.1 Å². The molecule has 3 rings (SSSR count). The highest BCUT2D eigenvalue weighted by Crippen LogP contribution is 2.27. The topological polar surface area (TPSA) is 118 Å². The number of methoxy groups -OCH3 is 1. The first kappa shape index (κ1) is 18.1. The Morgan fingerprint density at radius 2 is 2.00 bits per heavy atom. The minimum absolute atomic E-state index is 0.0901. The lowest BCUT2D eigenvalue weighted by atomic mass is 10.1. The van der Waals surface area contributed by atoms with Gasteiger partial charge in [0.1, 0.15) is 5.75 Å². The quantitative estimate of drug-likeness (QED) is 0.369. The van der Waals surface area contributed by atoms with E-state index in [0.29, 0.717) is 17.1 Å². The van der Waals surface area contributed by atoms with E-state index in [1.165, 1.54) is 32.2 Å². The summed E-state index contributed by atoms with van der Waals surface area (Å²) >= 11 is 0. The molecule has 9 nitrogen and oxygen atoms in total. The predicted octanol–water partition coefficient (Wildman–Crippen LogP) is 3.32. The van der Waals surface area contributed by atoms with E-state index in [-0.39, 0.29) is 29.3 Å². The Labute approximate surface area is 153 Å². The van der Waals surface area contributed by atoms with Crippen LogP contribution in [0.4, 0.5) is 5.69 Å². The standard InChI is InChI=1S/C18H15N3O6/c1-11-12(7-5-8-14(11)21(23)24)18(22)26-10-16-19-17(20-27-16)13-6-3-4-9-15(13)25-2/h3-9H,10H2,1-2H3. The molecule has 138 valence electrons. The van der Waals surface area contributed by atoms with Crippen LogP contribution in [0.25, 0.3) is 11.4 Å². The van der Waals surface area contributed by atoms with Crippen molar-refractivity contribution in [3.05, 3.63) is 69.6 Å². The fourth-order valence-electron chi connectivity index (χ4n) is 2.50. The number of hydrogen-bond acceptors (Lipinski definition) is 8. The van der Waals surface area contributed by atoms with Gasteiger partial charge in [-0.2, -0.15) is 4.98 Å². The van der Waals surface area contributed by atoms with E-state index < -0.39 is 10.9 Å². The van der Waals surface area contributed by atoms with Crippen molar-refractivity contribution in [2.24, 2.45) is 0 Å². The fraction of sp³-hybridized carbons (Fsp3) is 0.167. The maximum Gasteiger partial charge on any atom is 0.339 e. The van der Waals surface area contributed by atoms with Gasteiger partial charge in [-0.15, -0.1) is 0 Å². The Morgan fingerprint density at radius 3 is 2.74 bits per heavy atom. The number of para-hydroxylation sites is 1. The van der Waals surface area contributed by atoms with Crippen LogP contribution in [0.2, 0.25) is 0 Å². The first-order valence-corrected chi connectivity index (χ1v) is 7.88. The molecule has 0 aliphatic rings. The Hall–Kier alpha value is -3.75. The summed E-state index contributed by atoms with van der Waals surface area (Å²) in [6.45, 7) is 1.23. The number of nitro groups is 1. The molecule has 0 aliphatic carbocycles. The van der Waals surface area contributed by atoms with E-state index in [2.05, 4.69) is 10.1 Å². The lowest BCUT2D eigenvalue weighted by Crippen LogP contribution is -2.08. The fourth-order valence-corrected chi connectivity index (χ4v) is 2.50. The van der Waals surface area contributed by atoms with Gasteiger partial charge in [-0.25, -0.2) is 4.79 Å². The third kappa shape index (κ3) is 3.76. The molecule has 0 amide bonds. The second kappa shape index (κ2) is 7.65.